The van der Waals surface area contributed by atoms with Gasteiger partial charge >= 0.3 is 0 Å². The van der Waals surface area contributed by atoms with Gasteiger partial charge in [-0.25, -0.2) is 4.68 Å². The van der Waals surface area contributed by atoms with Crippen LogP contribution in [0, 0.1) is 6.92 Å². The maximum absolute atomic E-state index is 4.91. The lowest BCUT2D eigenvalue weighted by Gasteiger charge is -2.07. The van der Waals surface area contributed by atoms with Gasteiger partial charge in [-0.15, -0.1) is 0 Å². The van der Waals surface area contributed by atoms with E-state index in [2.05, 4.69) is 72.4 Å². The van der Waals surface area contributed by atoms with Crippen LogP contribution in [-0.4, -0.2) is 16.3 Å². The Kier molecular flexibility index (Phi) is 3.41. The third-order valence-electron chi connectivity index (χ3n) is 4.57. The molecule has 1 N–H and O–H groups in total. The summed E-state index contributed by atoms with van der Waals surface area (Å²) < 4.78 is 2.05. The number of aromatic nitrogens is 2. The van der Waals surface area contributed by atoms with Gasteiger partial charge in [0.1, 0.15) is 5.82 Å². The molecule has 0 radical (unpaired) electrons. The Morgan fingerprint density at radius 2 is 1.78 bits per heavy atom. The topological polar surface area (TPSA) is 29.9 Å². The van der Waals surface area contributed by atoms with Crippen molar-refractivity contribution in [1.82, 2.24) is 9.78 Å². The molecule has 0 saturated carbocycles. The summed E-state index contributed by atoms with van der Waals surface area (Å²) in [6.07, 6.45) is 2.09. The fraction of sp³-hybridized carbons (Fsp3) is 0.250. The van der Waals surface area contributed by atoms with Gasteiger partial charge < -0.3 is 5.32 Å². The van der Waals surface area contributed by atoms with Gasteiger partial charge in [0.2, 0.25) is 0 Å². The molecule has 3 nitrogen and oxygen atoms in total. The summed E-state index contributed by atoms with van der Waals surface area (Å²) in [6, 6.07) is 17.3. The zero-order valence-corrected chi connectivity index (χ0v) is 13.6. The van der Waals surface area contributed by atoms with Crippen LogP contribution in [0.5, 0.6) is 0 Å². The van der Waals surface area contributed by atoms with Gasteiger partial charge in [-0.1, -0.05) is 48.9 Å². The molecule has 116 valence electrons. The van der Waals surface area contributed by atoms with Crippen molar-refractivity contribution in [2.75, 3.05) is 11.9 Å². The average molecular weight is 303 g/mol. The van der Waals surface area contributed by atoms with Crippen molar-refractivity contribution in [2.45, 2.75) is 26.7 Å². The molecule has 2 heterocycles. The Bertz CT molecular complexity index is 827. The molecule has 0 bridgehead atoms. The SMILES string of the molecule is CCc1ccc(-n2nc(-c3ccc(C)cc3)c3c2NCC3)cc1. The summed E-state index contributed by atoms with van der Waals surface area (Å²) in [5.74, 6) is 1.14. The van der Waals surface area contributed by atoms with Crippen LogP contribution in [0.15, 0.2) is 48.5 Å². The van der Waals surface area contributed by atoms with Crippen LogP contribution in [0.3, 0.4) is 0 Å². The number of rotatable bonds is 3. The standard InChI is InChI=1S/C20H21N3/c1-3-15-6-10-17(11-7-15)23-20-18(12-13-21-20)19(22-23)16-8-4-14(2)5-9-16/h4-11,21H,3,12-13H2,1-2H3. The highest BCUT2D eigenvalue weighted by Crippen LogP contribution is 2.34. The zero-order valence-electron chi connectivity index (χ0n) is 13.6. The molecule has 4 rings (SSSR count). The maximum atomic E-state index is 4.91. The lowest BCUT2D eigenvalue weighted by Crippen LogP contribution is -2.04. The molecule has 0 amide bonds. The molecular formula is C20H21N3. The van der Waals surface area contributed by atoms with Gasteiger partial charge in [0.05, 0.1) is 11.4 Å². The summed E-state index contributed by atoms with van der Waals surface area (Å²) in [4.78, 5) is 0. The number of fused-ring (bicyclic) bond motifs is 1. The van der Waals surface area contributed by atoms with Crippen LogP contribution in [0.2, 0.25) is 0 Å². The minimum atomic E-state index is 0.985. The van der Waals surface area contributed by atoms with Crippen molar-refractivity contribution in [3.8, 4) is 16.9 Å². The van der Waals surface area contributed by atoms with Crippen molar-refractivity contribution in [3.63, 3.8) is 0 Å². The molecule has 1 aromatic heterocycles. The van der Waals surface area contributed by atoms with E-state index in [1.54, 1.807) is 0 Å². The van der Waals surface area contributed by atoms with Gasteiger partial charge in [0.15, 0.2) is 0 Å². The molecule has 2 aromatic carbocycles. The lowest BCUT2D eigenvalue weighted by molar-refractivity contribution is 0.881. The van der Waals surface area contributed by atoms with Crippen LogP contribution in [0.4, 0.5) is 5.82 Å². The van der Waals surface area contributed by atoms with E-state index in [1.165, 1.54) is 22.3 Å². The van der Waals surface area contributed by atoms with E-state index in [-0.39, 0.29) is 0 Å². The van der Waals surface area contributed by atoms with E-state index < -0.39 is 0 Å². The summed E-state index contributed by atoms with van der Waals surface area (Å²) in [5.41, 5.74) is 7.37. The van der Waals surface area contributed by atoms with Crippen LogP contribution < -0.4 is 5.32 Å². The van der Waals surface area contributed by atoms with E-state index in [0.29, 0.717) is 0 Å². The van der Waals surface area contributed by atoms with Gasteiger partial charge in [0.25, 0.3) is 0 Å². The summed E-state index contributed by atoms with van der Waals surface area (Å²) in [7, 11) is 0. The third kappa shape index (κ3) is 2.42. The first-order valence-corrected chi connectivity index (χ1v) is 8.28. The quantitative estimate of drug-likeness (QED) is 0.778. The molecule has 0 saturated heterocycles. The molecule has 0 aliphatic carbocycles. The molecule has 3 heteroatoms. The number of anilines is 1. The zero-order chi connectivity index (χ0) is 15.8. The van der Waals surface area contributed by atoms with E-state index in [9.17, 15) is 0 Å². The van der Waals surface area contributed by atoms with Crippen LogP contribution in [0.25, 0.3) is 16.9 Å². The summed E-state index contributed by atoms with van der Waals surface area (Å²) >= 11 is 0. The Hall–Kier alpha value is -2.55. The van der Waals surface area contributed by atoms with Gasteiger partial charge in [-0.05, 0) is 37.5 Å². The molecule has 0 atom stereocenters. The second-order valence-corrected chi connectivity index (χ2v) is 6.15. The van der Waals surface area contributed by atoms with E-state index in [1.807, 2.05) is 0 Å². The molecule has 1 aliphatic rings. The summed E-state index contributed by atoms with van der Waals surface area (Å²) in [6.45, 7) is 5.28. The molecule has 0 unspecified atom stereocenters. The number of hydrogen-bond acceptors (Lipinski definition) is 2. The Morgan fingerprint density at radius 1 is 1.04 bits per heavy atom. The first-order chi connectivity index (χ1) is 11.3. The highest BCUT2D eigenvalue weighted by atomic mass is 15.3. The van der Waals surface area contributed by atoms with Gasteiger partial charge in [0, 0.05) is 17.7 Å². The van der Waals surface area contributed by atoms with Crippen molar-refractivity contribution >= 4 is 5.82 Å². The first kappa shape index (κ1) is 14.1. The molecule has 1 aliphatic heterocycles. The smallest absolute Gasteiger partial charge is 0.133 e. The number of aryl methyl sites for hydroxylation is 2. The number of hydrogen-bond donors (Lipinski definition) is 1. The van der Waals surface area contributed by atoms with Crippen molar-refractivity contribution in [1.29, 1.82) is 0 Å². The second kappa shape index (κ2) is 5.58. The average Bonchev–Trinajstić information content (AvgIpc) is 3.18. The fourth-order valence-corrected chi connectivity index (χ4v) is 3.18. The minimum Gasteiger partial charge on any atom is -0.369 e. The van der Waals surface area contributed by atoms with Gasteiger partial charge in [-0.2, -0.15) is 5.10 Å². The monoisotopic (exact) mass is 303 g/mol. The first-order valence-electron chi connectivity index (χ1n) is 8.28. The number of nitrogens with zero attached hydrogens (tertiary/aromatic N) is 2. The van der Waals surface area contributed by atoms with Crippen LogP contribution >= 0.6 is 0 Å². The van der Waals surface area contributed by atoms with Crippen molar-refractivity contribution in [2.24, 2.45) is 0 Å². The Labute approximate surface area is 137 Å². The molecule has 0 fully saturated rings. The van der Waals surface area contributed by atoms with Gasteiger partial charge in [-0.3, -0.25) is 0 Å². The minimum absolute atomic E-state index is 0.985. The van der Waals surface area contributed by atoms with E-state index >= 15 is 0 Å². The Balaban J connectivity index is 1.82. The Morgan fingerprint density at radius 3 is 2.48 bits per heavy atom. The largest absolute Gasteiger partial charge is 0.369 e. The molecule has 23 heavy (non-hydrogen) atoms. The number of benzene rings is 2. The highest BCUT2D eigenvalue weighted by Gasteiger charge is 2.23. The highest BCUT2D eigenvalue weighted by molar-refractivity contribution is 5.72. The summed E-state index contributed by atoms with van der Waals surface area (Å²) in [5, 5.41) is 8.41. The number of nitrogens with one attached hydrogen (secondary N) is 1. The third-order valence-corrected chi connectivity index (χ3v) is 4.57. The molecular weight excluding hydrogens is 282 g/mol. The fourth-order valence-electron chi connectivity index (χ4n) is 3.18. The molecule has 3 aromatic rings. The van der Waals surface area contributed by atoms with Crippen LogP contribution in [0.1, 0.15) is 23.6 Å². The molecule has 0 spiro atoms. The predicted molar refractivity (Wildman–Crippen MR) is 95.3 cm³/mol. The van der Waals surface area contributed by atoms with Crippen LogP contribution in [-0.2, 0) is 12.8 Å². The van der Waals surface area contributed by atoms with Crippen molar-refractivity contribution < 1.29 is 0 Å². The van der Waals surface area contributed by atoms with E-state index in [0.717, 1.165) is 36.6 Å². The normalized spacial score (nSPS) is 13.0. The van der Waals surface area contributed by atoms with E-state index in [4.69, 9.17) is 5.10 Å². The lowest BCUT2D eigenvalue weighted by atomic mass is 10.1. The van der Waals surface area contributed by atoms with Crippen molar-refractivity contribution in [3.05, 3.63) is 65.2 Å². The maximum Gasteiger partial charge on any atom is 0.133 e. The predicted octanol–water partition coefficient (Wildman–Crippen LogP) is 4.38. The second-order valence-electron chi connectivity index (χ2n) is 6.15.